The number of likely N-dealkylation sites (N-methyl/N-ethyl adjacent to an activating group) is 1. The fourth-order valence-corrected chi connectivity index (χ4v) is 2.78. The molecule has 1 amide bonds. The molecule has 9 heteroatoms. The van der Waals surface area contributed by atoms with Crippen molar-refractivity contribution in [2.45, 2.75) is 13.5 Å². The summed E-state index contributed by atoms with van der Waals surface area (Å²) in [5.74, 6) is 1.27. The van der Waals surface area contributed by atoms with E-state index < -0.39 is 4.92 Å². The van der Waals surface area contributed by atoms with Crippen molar-refractivity contribution in [3.05, 3.63) is 52.1 Å². The maximum atomic E-state index is 12.4. The molecule has 2 aromatic rings. The molecule has 0 saturated carbocycles. The Labute approximate surface area is 169 Å². The van der Waals surface area contributed by atoms with Gasteiger partial charge in [0.25, 0.3) is 5.69 Å². The summed E-state index contributed by atoms with van der Waals surface area (Å²) in [4.78, 5) is 24.6. The largest absolute Gasteiger partial charge is 0.494 e. The fraction of sp³-hybridized carbons (Fsp3) is 0.350. The number of hydrogen-bond acceptors (Lipinski definition) is 7. The molecular weight excluding hydrogens is 378 g/mol. The average molecular weight is 403 g/mol. The molecule has 156 valence electrons. The molecule has 0 aliphatic carbocycles. The first-order valence-electron chi connectivity index (χ1n) is 8.98. The molecule has 0 aromatic heterocycles. The summed E-state index contributed by atoms with van der Waals surface area (Å²) >= 11 is 0. The van der Waals surface area contributed by atoms with Crippen LogP contribution in [0.5, 0.6) is 17.2 Å². The zero-order chi connectivity index (χ0) is 21.4. The molecule has 0 aliphatic rings. The molecule has 0 heterocycles. The molecule has 0 fully saturated rings. The number of carbonyl (C=O) groups excluding carboxylic acids is 1. The standard InChI is InChI=1S/C20H25N3O6/c1-5-29-17-9-6-14(10-19(17)28-4)12-22(2)13-20(24)21-16-8-7-15(23(25)26)11-18(16)27-3/h6-11H,5,12-13H2,1-4H3,(H,21,24). The molecule has 0 saturated heterocycles. The molecule has 0 spiro atoms. The van der Waals surface area contributed by atoms with Gasteiger partial charge in [-0.05, 0) is 37.7 Å². The summed E-state index contributed by atoms with van der Waals surface area (Å²) in [5.41, 5.74) is 1.23. The van der Waals surface area contributed by atoms with Crippen LogP contribution in [0, 0.1) is 10.1 Å². The van der Waals surface area contributed by atoms with Crippen LogP contribution in [-0.2, 0) is 11.3 Å². The summed E-state index contributed by atoms with van der Waals surface area (Å²) < 4.78 is 16.0. The number of methoxy groups -OCH3 is 2. The van der Waals surface area contributed by atoms with Gasteiger partial charge in [0.1, 0.15) is 5.75 Å². The summed E-state index contributed by atoms with van der Waals surface area (Å²) in [5, 5.41) is 13.6. The smallest absolute Gasteiger partial charge is 0.273 e. The van der Waals surface area contributed by atoms with Gasteiger partial charge in [0.2, 0.25) is 5.91 Å². The third-order valence-corrected chi connectivity index (χ3v) is 4.06. The Balaban J connectivity index is 2.00. The van der Waals surface area contributed by atoms with Crippen LogP contribution < -0.4 is 19.5 Å². The zero-order valence-electron chi connectivity index (χ0n) is 16.9. The van der Waals surface area contributed by atoms with Gasteiger partial charge < -0.3 is 19.5 Å². The number of amides is 1. The number of carbonyl (C=O) groups is 1. The van der Waals surface area contributed by atoms with Crippen LogP contribution in [-0.4, -0.2) is 50.1 Å². The summed E-state index contributed by atoms with van der Waals surface area (Å²) in [6.45, 7) is 3.09. The van der Waals surface area contributed by atoms with Crippen LogP contribution in [0.1, 0.15) is 12.5 Å². The molecule has 1 N–H and O–H groups in total. The zero-order valence-corrected chi connectivity index (χ0v) is 16.9. The number of ether oxygens (including phenoxy) is 3. The Kier molecular flexibility index (Phi) is 7.79. The predicted octanol–water partition coefficient (Wildman–Crippen LogP) is 3.08. The first-order chi connectivity index (χ1) is 13.9. The van der Waals surface area contributed by atoms with Crippen LogP contribution in [0.2, 0.25) is 0 Å². The molecule has 29 heavy (non-hydrogen) atoms. The molecule has 0 aliphatic heterocycles. The molecular formula is C20H25N3O6. The van der Waals surface area contributed by atoms with E-state index in [1.54, 1.807) is 7.11 Å². The molecule has 0 bridgehead atoms. The first kappa shape index (κ1) is 22.0. The van der Waals surface area contributed by atoms with Crippen molar-refractivity contribution in [2.24, 2.45) is 0 Å². The Bertz CT molecular complexity index is 871. The number of rotatable bonds is 10. The van der Waals surface area contributed by atoms with Crippen LogP contribution in [0.3, 0.4) is 0 Å². The van der Waals surface area contributed by atoms with Gasteiger partial charge in [0, 0.05) is 12.6 Å². The van der Waals surface area contributed by atoms with E-state index in [2.05, 4.69) is 5.32 Å². The highest BCUT2D eigenvalue weighted by Gasteiger charge is 2.15. The van der Waals surface area contributed by atoms with Gasteiger partial charge in [-0.1, -0.05) is 6.07 Å². The predicted molar refractivity (Wildman–Crippen MR) is 109 cm³/mol. The number of anilines is 1. The van der Waals surface area contributed by atoms with Crippen molar-refractivity contribution in [1.82, 2.24) is 4.90 Å². The van der Waals surface area contributed by atoms with Gasteiger partial charge in [-0.15, -0.1) is 0 Å². The molecule has 2 rings (SSSR count). The minimum absolute atomic E-state index is 0.110. The van der Waals surface area contributed by atoms with Gasteiger partial charge in [0.05, 0.1) is 44.0 Å². The van der Waals surface area contributed by atoms with E-state index in [4.69, 9.17) is 14.2 Å². The number of non-ortho nitro benzene ring substituents is 1. The second kappa shape index (κ2) is 10.3. The van der Waals surface area contributed by atoms with Gasteiger partial charge in [-0.2, -0.15) is 0 Å². The van der Waals surface area contributed by atoms with Gasteiger partial charge >= 0.3 is 0 Å². The molecule has 0 unspecified atom stereocenters. The summed E-state index contributed by atoms with van der Waals surface area (Å²) in [6, 6.07) is 9.67. The number of nitro benzene ring substituents is 1. The Hall–Kier alpha value is -3.33. The van der Waals surface area contributed by atoms with Gasteiger partial charge in [-0.3, -0.25) is 19.8 Å². The molecule has 9 nitrogen and oxygen atoms in total. The van der Waals surface area contributed by atoms with Gasteiger partial charge in [-0.25, -0.2) is 0 Å². The Morgan fingerprint density at radius 3 is 2.45 bits per heavy atom. The van der Waals surface area contributed by atoms with E-state index in [1.807, 2.05) is 37.1 Å². The minimum Gasteiger partial charge on any atom is -0.494 e. The lowest BCUT2D eigenvalue weighted by Gasteiger charge is -2.18. The number of nitrogens with one attached hydrogen (secondary N) is 1. The highest BCUT2D eigenvalue weighted by atomic mass is 16.6. The quantitative estimate of drug-likeness (QED) is 0.480. The number of hydrogen-bond donors (Lipinski definition) is 1. The van der Waals surface area contributed by atoms with E-state index in [0.29, 0.717) is 30.3 Å². The van der Waals surface area contributed by atoms with Crippen molar-refractivity contribution >= 4 is 17.3 Å². The van der Waals surface area contributed by atoms with Crippen molar-refractivity contribution < 1.29 is 23.9 Å². The Morgan fingerprint density at radius 2 is 1.83 bits per heavy atom. The topological polar surface area (TPSA) is 103 Å². The first-order valence-corrected chi connectivity index (χ1v) is 8.98. The number of benzene rings is 2. The van der Waals surface area contributed by atoms with E-state index in [1.165, 1.54) is 25.3 Å². The average Bonchev–Trinajstić information content (AvgIpc) is 2.69. The third-order valence-electron chi connectivity index (χ3n) is 4.06. The maximum Gasteiger partial charge on any atom is 0.273 e. The highest BCUT2D eigenvalue weighted by molar-refractivity contribution is 5.93. The number of nitrogens with zero attached hydrogens (tertiary/aromatic N) is 2. The SMILES string of the molecule is CCOc1ccc(CN(C)CC(=O)Nc2ccc([N+](=O)[O-])cc2OC)cc1OC. The van der Waals surface area contributed by atoms with Crippen molar-refractivity contribution in [3.8, 4) is 17.2 Å². The van der Waals surface area contributed by atoms with Crippen molar-refractivity contribution in [2.75, 3.05) is 39.7 Å². The maximum absolute atomic E-state index is 12.4. The highest BCUT2D eigenvalue weighted by Crippen LogP contribution is 2.30. The molecule has 0 atom stereocenters. The van der Waals surface area contributed by atoms with E-state index in [0.717, 1.165) is 5.56 Å². The van der Waals surface area contributed by atoms with Crippen LogP contribution in [0.25, 0.3) is 0 Å². The lowest BCUT2D eigenvalue weighted by atomic mass is 10.2. The van der Waals surface area contributed by atoms with Crippen molar-refractivity contribution in [3.63, 3.8) is 0 Å². The van der Waals surface area contributed by atoms with E-state index >= 15 is 0 Å². The normalized spacial score (nSPS) is 10.5. The minimum atomic E-state index is -0.521. The van der Waals surface area contributed by atoms with Crippen LogP contribution >= 0.6 is 0 Å². The summed E-state index contributed by atoms with van der Waals surface area (Å²) in [7, 11) is 4.78. The Morgan fingerprint density at radius 1 is 1.10 bits per heavy atom. The van der Waals surface area contributed by atoms with Crippen LogP contribution in [0.15, 0.2) is 36.4 Å². The fourth-order valence-electron chi connectivity index (χ4n) is 2.78. The van der Waals surface area contributed by atoms with Gasteiger partial charge in [0.15, 0.2) is 11.5 Å². The molecule has 2 aromatic carbocycles. The van der Waals surface area contributed by atoms with E-state index in [-0.39, 0.29) is 23.9 Å². The van der Waals surface area contributed by atoms with E-state index in [9.17, 15) is 14.9 Å². The second-order valence-corrected chi connectivity index (χ2v) is 6.28. The third kappa shape index (κ3) is 6.08. The number of nitro groups is 1. The lowest BCUT2D eigenvalue weighted by Crippen LogP contribution is -2.30. The second-order valence-electron chi connectivity index (χ2n) is 6.28. The monoisotopic (exact) mass is 403 g/mol. The lowest BCUT2D eigenvalue weighted by molar-refractivity contribution is -0.384. The van der Waals surface area contributed by atoms with Crippen molar-refractivity contribution in [1.29, 1.82) is 0 Å². The van der Waals surface area contributed by atoms with Crippen LogP contribution in [0.4, 0.5) is 11.4 Å². The summed E-state index contributed by atoms with van der Waals surface area (Å²) in [6.07, 6.45) is 0. The molecule has 0 radical (unpaired) electrons.